The molecule has 2 fully saturated rings. The van der Waals surface area contributed by atoms with Gasteiger partial charge in [-0.1, -0.05) is 20.8 Å². The average Bonchev–Trinajstić information content (AvgIpc) is 3.00. The number of benzene rings is 1. The van der Waals surface area contributed by atoms with E-state index in [1.807, 2.05) is 19.1 Å². The lowest BCUT2D eigenvalue weighted by molar-refractivity contribution is -0.122. The number of nitrogens with one attached hydrogen (secondary N) is 1. The molecule has 1 amide bonds. The number of fused-ring (bicyclic) bond motifs is 3. The first-order chi connectivity index (χ1) is 13.7. The largest absolute Gasteiger partial charge is 0.497 e. The smallest absolute Gasteiger partial charge is 0.339 e. The topological polar surface area (TPSA) is 68.5 Å². The molecule has 2 aliphatic rings. The lowest BCUT2D eigenvalue weighted by Crippen LogP contribution is -2.47. The van der Waals surface area contributed by atoms with Gasteiger partial charge in [-0.05, 0) is 67.1 Å². The summed E-state index contributed by atoms with van der Waals surface area (Å²) in [5.74, 6) is 1.35. The van der Waals surface area contributed by atoms with Crippen LogP contribution in [0, 0.1) is 23.7 Å². The number of rotatable bonds is 5. The van der Waals surface area contributed by atoms with Crippen LogP contribution in [-0.2, 0) is 11.2 Å². The minimum atomic E-state index is -0.371. The van der Waals surface area contributed by atoms with Gasteiger partial charge < -0.3 is 14.5 Å². The first-order valence-corrected chi connectivity index (χ1v) is 10.6. The van der Waals surface area contributed by atoms with Crippen molar-refractivity contribution in [3.63, 3.8) is 0 Å². The number of carbonyl (C=O) groups is 1. The monoisotopic (exact) mass is 397 g/mol. The molecule has 2 aromatic rings. The fourth-order valence-corrected chi connectivity index (χ4v) is 5.72. The van der Waals surface area contributed by atoms with Gasteiger partial charge in [0.15, 0.2) is 0 Å². The van der Waals surface area contributed by atoms with E-state index in [9.17, 15) is 9.59 Å². The second kappa shape index (κ2) is 6.89. The molecule has 1 N–H and O–H groups in total. The van der Waals surface area contributed by atoms with E-state index in [1.54, 1.807) is 13.2 Å². The third-order valence-electron chi connectivity index (χ3n) is 8.23. The summed E-state index contributed by atoms with van der Waals surface area (Å²) >= 11 is 0. The summed E-state index contributed by atoms with van der Waals surface area (Å²) in [7, 11) is 1.58. The fraction of sp³-hybridized carbons (Fsp3) is 0.583. The van der Waals surface area contributed by atoms with Gasteiger partial charge in [0.05, 0.1) is 7.11 Å². The zero-order valence-electron chi connectivity index (χ0n) is 18.1. The summed E-state index contributed by atoms with van der Waals surface area (Å²) in [5.41, 5.74) is 2.02. The number of carbonyl (C=O) groups excluding carboxylic acids is 1. The molecule has 1 heterocycles. The van der Waals surface area contributed by atoms with Gasteiger partial charge in [-0.3, -0.25) is 4.79 Å². The number of amides is 1. The number of ether oxygens (including phenoxy) is 1. The molecule has 2 saturated carbocycles. The normalized spacial score (nSPS) is 27.3. The molecule has 156 valence electrons. The van der Waals surface area contributed by atoms with Gasteiger partial charge in [0.1, 0.15) is 11.3 Å². The molecule has 0 radical (unpaired) electrons. The Kier molecular flexibility index (Phi) is 4.75. The maximum absolute atomic E-state index is 12.7. The van der Waals surface area contributed by atoms with Crippen LogP contribution in [0.3, 0.4) is 0 Å². The van der Waals surface area contributed by atoms with Gasteiger partial charge in [-0.25, -0.2) is 4.79 Å². The average molecular weight is 398 g/mol. The highest BCUT2D eigenvalue weighted by atomic mass is 16.5. The third kappa shape index (κ3) is 3.06. The molecular formula is C24H31NO4. The van der Waals surface area contributed by atoms with E-state index in [0.717, 1.165) is 17.4 Å². The summed E-state index contributed by atoms with van der Waals surface area (Å²) < 4.78 is 10.7. The second-order valence-corrected chi connectivity index (χ2v) is 9.59. The lowest BCUT2D eigenvalue weighted by Gasteiger charge is -2.39. The van der Waals surface area contributed by atoms with Crippen molar-refractivity contribution < 1.29 is 13.9 Å². The molecular weight excluding hydrogens is 366 g/mol. The molecule has 4 rings (SSSR count). The van der Waals surface area contributed by atoms with Crippen molar-refractivity contribution in [1.82, 2.24) is 5.32 Å². The quantitative estimate of drug-likeness (QED) is 0.761. The molecule has 1 aromatic carbocycles. The van der Waals surface area contributed by atoms with Gasteiger partial charge >= 0.3 is 5.63 Å². The first-order valence-electron chi connectivity index (χ1n) is 10.6. The van der Waals surface area contributed by atoms with Crippen molar-refractivity contribution in [3.8, 4) is 5.75 Å². The molecule has 3 unspecified atom stereocenters. The molecule has 0 saturated heterocycles. The molecule has 2 bridgehead atoms. The van der Waals surface area contributed by atoms with Crippen molar-refractivity contribution in [2.75, 3.05) is 7.11 Å². The van der Waals surface area contributed by atoms with Crippen molar-refractivity contribution in [1.29, 1.82) is 0 Å². The Morgan fingerprint density at radius 3 is 2.69 bits per heavy atom. The van der Waals surface area contributed by atoms with Crippen molar-refractivity contribution in [3.05, 3.63) is 39.7 Å². The fourth-order valence-electron chi connectivity index (χ4n) is 5.72. The molecule has 0 spiro atoms. The van der Waals surface area contributed by atoms with Crippen LogP contribution in [0.25, 0.3) is 11.0 Å². The number of methoxy groups -OCH3 is 1. The van der Waals surface area contributed by atoms with Crippen LogP contribution in [0.15, 0.2) is 27.4 Å². The van der Waals surface area contributed by atoms with E-state index in [2.05, 4.69) is 26.1 Å². The van der Waals surface area contributed by atoms with Gasteiger partial charge in [0.2, 0.25) is 5.91 Å². The van der Waals surface area contributed by atoms with Gasteiger partial charge in [0, 0.05) is 29.5 Å². The molecule has 3 atom stereocenters. The number of hydrogen-bond donors (Lipinski definition) is 1. The van der Waals surface area contributed by atoms with Gasteiger partial charge in [0.25, 0.3) is 0 Å². The van der Waals surface area contributed by atoms with Gasteiger partial charge in [-0.2, -0.15) is 0 Å². The Balaban J connectivity index is 1.47. The molecule has 5 nitrogen and oxygen atoms in total. The van der Waals surface area contributed by atoms with Gasteiger partial charge in [-0.15, -0.1) is 0 Å². The highest BCUT2D eigenvalue weighted by molar-refractivity contribution is 5.83. The van der Waals surface area contributed by atoms with Crippen molar-refractivity contribution in [2.24, 2.45) is 16.7 Å². The summed E-state index contributed by atoms with van der Waals surface area (Å²) in [6.07, 6.45) is 4.18. The summed E-state index contributed by atoms with van der Waals surface area (Å²) in [6.45, 7) is 8.92. The maximum atomic E-state index is 12.7. The Bertz CT molecular complexity index is 1020. The van der Waals surface area contributed by atoms with Crippen LogP contribution in [0.1, 0.15) is 57.6 Å². The zero-order chi connectivity index (χ0) is 21.0. The number of aryl methyl sites for hydroxylation is 1. The van der Waals surface area contributed by atoms with E-state index in [0.29, 0.717) is 35.7 Å². The van der Waals surface area contributed by atoms with Crippen LogP contribution in [0.4, 0.5) is 0 Å². The Morgan fingerprint density at radius 2 is 2.07 bits per heavy atom. The SMILES string of the molecule is COc1ccc2c(C)c(CCC(=O)NC3CC4CCC3(C)C4(C)C)c(=O)oc2c1. The Morgan fingerprint density at radius 1 is 1.31 bits per heavy atom. The van der Waals surface area contributed by atoms with Crippen LogP contribution in [0.2, 0.25) is 0 Å². The van der Waals surface area contributed by atoms with Crippen LogP contribution in [-0.4, -0.2) is 19.1 Å². The van der Waals surface area contributed by atoms with Crippen LogP contribution < -0.4 is 15.7 Å². The summed E-state index contributed by atoms with van der Waals surface area (Å²) in [6, 6.07) is 5.69. The summed E-state index contributed by atoms with van der Waals surface area (Å²) in [5, 5.41) is 4.16. The molecule has 1 aromatic heterocycles. The Labute approximate surface area is 171 Å². The van der Waals surface area contributed by atoms with E-state index in [4.69, 9.17) is 9.15 Å². The molecule has 29 heavy (non-hydrogen) atoms. The lowest BCUT2D eigenvalue weighted by atomic mass is 9.69. The molecule has 0 aliphatic heterocycles. The highest BCUT2D eigenvalue weighted by Gasteiger charge is 2.61. The van der Waals surface area contributed by atoms with E-state index in [1.165, 1.54) is 12.8 Å². The first kappa shape index (κ1) is 20.0. The van der Waals surface area contributed by atoms with Crippen molar-refractivity contribution in [2.45, 2.75) is 65.8 Å². The van der Waals surface area contributed by atoms with E-state index < -0.39 is 0 Å². The highest BCUT2D eigenvalue weighted by Crippen LogP contribution is 2.65. The van der Waals surface area contributed by atoms with Crippen molar-refractivity contribution >= 4 is 16.9 Å². The predicted octanol–water partition coefficient (Wildman–Crippen LogP) is 4.37. The third-order valence-corrected chi connectivity index (χ3v) is 8.23. The van der Waals surface area contributed by atoms with E-state index >= 15 is 0 Å². The molecule has 5 heteroatoms. The maximum Gasteiger partial charge on any atom is 0.339 e. The summed E-state index contributed by atoms with van der Waals surface area (Å²) in [4.78, 5) is 25.2. The van der Waals surface area contributed by atoms with E-state index in [-0.39, 0.29) is 28.4 Å². The van der Waals surface area contributed by atoms with Crippen LogP contribution >= 0.6 is 0 Å². The second-order valence-electron chi connectivity index (χ2n) is 9.59. The Hall–Kier alpha value is -2.30. The van der Waals surface area contributed by atoms with Crippen LogP contribution in [0.5, 0.6) is 5.75 Å². The predicted molar refractivity (Wildman–Crippen MR) is 113 cm³/mol. The minimum absolute atomic E-state index is 0.0215. The zero-order valence-corrected chi connectivity index (χ0v) is 18.1. The number of hydrogen-bond acceptors (Lipinski definition) is 4. The molecule has 2 aliphatic carbocycles. The minimum Gasteiger partial charge on any atom is -0.497 e. The standard InChI is InChI=1S/C24H31NO4/c1-14-17-7-6-16(28-5)13-19(17)29-22(27)18(14)8-9-21(26)25-20-12-15-10-11-24(20,4)23(15,2)3/h6-7,13,15,20H,8-12H2,1-5H3,(H,25,26).